The van der Waals surface area contributed by atoms with Crippen LogP contribution in [0.3, 0.4) is 0 Å². The van der Waals surface area contributed by atoms with Crippen molar-refractivity contribution in [3.63, 3.8) is 0 Å². The van der Waals surface area contributed by atoms with Crippen molar-refractivity contribution in [1.29, 1.82) is 0 Å². The van der Waals surface area contributed by atoms with Crippen LogP contribution in [-0.4, -0.2) is 30.1 Å². The summed E-state index contributed by atoms with van der Waals surface area (Å²) in [5.74, 6) is -2.54. The smallest absolute Gasteiger partial charge is 0.300 e. The zero-order valence-corrected chi connectivity index (χ0v) is 19.2. The Morgan fingerprint density at radius 1 is 1.03 bits per heavy atom. The summed E-state index contributed by atoms with van der Waals surface area (Å²) in [6.07, 6.45) is 0. The minimum atomic E-state index is -4.02. The fourth-order valence-corrected chi connectivity index (χ4v) is 4.42. The zero-order chi connectivity index (χ0) is 25.5. The van der Waals surface area contributed by atoms with Crippen molar-refractivity contribution < 1.29 is 28.0 Å². The zero-order valence-electron chi connectivity index (χ0n) is 17.7. The number of amides is 1. The van der Waals surface area contributed by atoms with Crippen molar-refractivity contribution in [2.45, 2.75) is 10.9 Å². The van der Waals surface area contributed by atoms with E-state index < -0.39 is 38.4 Å². The predicted molar refractivity (Wildman–Crippen MR) is 127 cm³/mol. The highest BCUT2D eigenvalue weighted by atomic mass is 35.5. The van der Waals surface area contributed by atoms with Crippen LogP contribution in [0.2, 0.25) is 5.02 Å². The van der Waals surface area contributed by atoms with Crippen molar-refractivity contribution in [2.75, 3.05) is 4.90 Å². The number of carbonyl (C=O) groups is 2. The number of nitro groups is 1. The van der Waals surface area contributed by atoms with Crippen LogP contribution in [0.25, 0.3) is 5.76 Å². The van der Waals surface area contributed by atoms with E-state index in [4.69, 9.17) is 16.7 Å². The van der Waals surface area contributed by atoms with E-state index in [0.29, 0.717) is 5.02 Å². The molecule has 0 saturated carbocycles. The Labute approximate surface area is 204 Å². The Morgan fingerprint density at radius 2 is 1.66 bits per heavy atom. The number of Topliss-reactive ketones (excluding diaryl/α,β-unsaturated/α-hetero) is 1. The first-order valence-corrected chi connectivity index (χ1v) is 11.9. The number of sulfonamides is 1. The number of carbonyl (C=O) groups excluding carboxylic acids is 2. The number of halogens is 1. The number of ketones is 1. The quantitative estimate of drug-likeness (QED) is 0.173. The van der Waals surface area contributed by atoms with Gasteiger partial charge in [-0.05, 0) is 54.1 Å². The van der Waals surface area contributed by atoms with E-state index >= 15 is 0 Å². The molecule has 0 spiro atoms. The van der Waals surface area contributed by atoms with Gasteiger partial charge in [-0.15, -0.1) is 0 Å². The minimum absolute atomic E-state index is 0.117. The number of hydrogen-bond acceptors (Lipinski definition) is 7. The van der Waals surface area contributed by atoms with E-state index in [1.165, 1.54) is 60.7 Å². The van der Waals surface area contributed by atoms with Gasteiger partial charge in [-0.25, -0.2) is 13.6 Å². The average molecular weight is 514 g/mol. The van der Waals surface area contributed by atoms with Crippen molar-refractivity contribution in [3.05, 3.63) is 105 Å². The van der Waals surface area contributed by atoms with E-state index in [2.05, 4.69) is 0 Å². The number of nitro benzene ring substituents is 1. The Bertz CT molecular complexity index is 1500. The van der Waals surface area contributed by atoms with Crippen molar-refractivity contribution in [2.24, 2.45) is 5.14 Å². The number of anilines is 1. The van der Waals surface area contributed by atoms with Gasteiger partial charge < -0.3 is 5.11 Å². The van der Waals surface area contributed by atoms with Gasteiger partial charge >= 0.3 is 0 Å². The van der Waals surface area contributed by atoms with Crippen LogP contribution in [0.4, 0.5) is 11.4 Å². The topological polar surface area (TPSA) is 161 Å². The predicted octanol–water partition coefficient (Wildman–Crippen LogP) is 3.52. The molecule has 178 valence electrons. The summed E-state index contributed by atoms with van der Waals surface area (Å²) in [7, 11) is -4.02. The normalized spacial score (nSPS) is 17.5. The number of hydrogen-bond donors (Lipinski definition) is 2. The lowest BCUT2D eigenvalue weighted by atomic mass is 9.95. The lowest BCUT2D eigenvalue weighted by Crippen LogP contribution is -2.29. The molecular weight excluding hydrogens is 498 g/mol. The molecule has 0 bridgehead atoms. The monoisotopic (exact) mass is 513 g/mol. The molecule has 0 aromatic heterocycles. The first-order valence-electron chi connectivity index (χ1n) is 9.93. The van der Waals surface area contributed by atoms with Gasteiger partial charge in [0.2, 0.25) is 10.0 Å². The molecule has 3 aromatic rings. The van der Waals surface area contributed by atoms with Gasteiger partial charge in [0.05, 0.1) is 21.4 Å². The van der Waals surface area contributed by atoms with Gasteiger partial charge in [0.25, 0.3) is 17.4 Å². The second-order valence-corrected chi connectivity index (χ2v) is 9.56. The Morgan fingerprint density at radius 3 is 2.23 bits per heavy atom. The number of benzene rings is 3. The lowest BCUT2D eigenvalue weighted by Gasteiger charge is -2.25. The van der Waals surface area contributed by atoms with Crippen LogP contribution in [0.5, 0.6) is 0 Å². The molecule has 1 amide bonds. The van der Waals surface area contributed by atoms with Crippen LogP contribution in [0, 0.1) is 10.1 Å². The van der Waals surface area contributed by atoms with Gasteiger partial charge in [0.1, 0.15) is 5.76 Å². The number of non-ortho nitro benzene ring substituents is 1. The third-order valence-corrected chi connectivity index (χ3v) is 6.58. The second kappa shape index (κ2) is 8.95. The Hall–Kier alpha value is -4.06. The maximum absolute atomic E-state index is 13.1. The van der Waals surface area contributed by atoms with E-state index in [1.54, 1.807) is 0 Å². The highest BCUT2D eigenvalue weighted by molar-refractivity contribution is 7.89. The number of rotatable bonds is 5. The van der Waals surface area contributed by atoms with E-state index in [1.807, 2.05) is 0 Å². The SMILES string of the molecule is NS(=O)(=O)c1ccc(N2C(=O)C(=O)C(=C(O)c3ccc(Cl)cc3)[C@@H]2c2cccc([N+](=O)[O-])c2)cc1. The summed E-state index contributed by atoms with van der Waals surface area (Å²) in [6, 6.07) is 14.8. The molecule has 1 aliphatic rings. The maximum Gasteiger partial charge on any atom is 0.300 e. The highest BCUT2D eigenvalue weighted by Crippen LogP contribution is 2.43. The molecule has 12 heteroatoms. The summed E-state index contributed by atoms with van der Waals surface area (Å²) in [6.45, 7) is 0. The number of nitrogens with two attached hydrogens (primary N) is 1. The van der Waals surface area contributed by atoms with Crippen LogP contribution in [-0.2, 0) is 19.6 Å². The van der Waals surface area contributed by atoms with E-state index in [-0.39, 0.29) is 33.0 Å². The van der Waals surface area contributed by atoms with Crippen LogP contribution < -0.4 is 10.0 Å². The Balaban J connectivity index is 1.95. The van der Waals surface area contributed by atoms with Crippen LogP contribution in [0.15, 0.2) is 83.3 Å². The molecule has 1 atom stereocenters. The Kier molecular flexibility index (Phi) is 6.15. The number of aliphatic hydroxyl groups excluding tert-OH is 1. The number of primary sulfonamides is 1. The number of nitrogens with zero attached hydrogens (tertiary/aromatic N) is 2. The summed E-state index contributed by atoms with van der Waals surface area (Å²) >= 11 is 5.90. The first-order chi connectivity index (χ1) is 16.5. The standard InChI is InChI=1S/C23H16ClN3O7S/c24-15-6-4-13(5-7-15)21(28)19-20(14-2-1-3-17(12-14)27(31)32)26(23(30)22(19)29)16-8-10-18(11-9-16)35(25,33)34/h1-12,20,28H,(H2,25,33,34)/t20-/m0/s1. The fraction of sp³-hybridized carbons (Fsp3) is 0.0435. The molecule has 3 aromatic carbocycles. The molecule has 3 N–H and O–H groups in total. The summed E-state index contributed by atoms with van der Waals surface area (Å²) in [4.78, 5) is 37.8. The molecule has 1 saturated heterocycles. The van der Waals surface area contributed by atoms with E-state index in [0.717, 1.165) is 17.0 Å². The molecule has 0 aliphatic carbocycles. The molecule has 0 radical (unpaired) electrons. The van der Waals surface area contributed by atoms with E-state index in [9.17, 15) is 33.2 Å². The summed E-state index contributed by atoms with van der Waals surface area (Å²) < 4.78 is 23.2. The van der Waals surface area contributed by atoms with Gasteiger partial charge in [0, 0.05) is 28.4 Å². The van der Waals surface area contributed by atoms with Gasteiger partial charge in [0.15, 0.2) is 0 Å². The van der Waals surface area contributed by atoms with Gasteiger partial charge in [-0.1, -0.05) is 23.7 Å². The third kappa shape index (κ3) is 4.52. The largest absolute Gasteiger partial charge is 0.507 e. The minimum Gasteiger partial charge on any atom is -0.507 e. The first kappa shape index (κ1) is 24.1. The lowest BCUT2D eigenvalue weighted by molar-refractivity contribution is -0.384. The average Bonchev–Trinajstić information content (AvgIpc) is 3.09. The maximum atomic E-state index is 13.1. The molecule has 4 rings (SSSR count). The molecule has 10 nitrogen and oxygen atoms in total. The van der Waals surface area contributed by atoms with Gasteiger partial charge in [-0.3, -0.25) is 24.6 Å². The number of aliphatic hydroxyl groups is 1. The summed E-state index contributed by atoms with van der Waals surface area (Å²) in [5.41, 5.74) is -0.0829. The van der Waals surface area contributed by atoms with Crippen molar-refractivity contribution in [3.8, 4) is 0 Å². The van der Waals surface area contributed by atoms with Crippen LogP contribution >= 0.6 is 11.6 Å². The fourth-order valence-electron chi connectivity index (χ4n) is 3.78. The molecular formula is C23H16ClN3O7S. The molecule has 0 unspecified atom stereocenters. The van der Waals surface area contributed by atoms with Crippen molar-refractivity contribution in [1.82, 2.24) is 0 Å². The third-order valence-electron chi connectivity index (χ3n) is 5.40. The van der Waals surface area contributed by atoms with Gasteiger partial charge in [-0.2, -0.15) is 0 Å². The van der Waals surface area contributed by atoms with Crippen LogP contribution in [0.1, 0.15) is 17.2 Å². The van der Waals surface area contributed by atoms with Crippen molar-refractivity contribution >= 4 is 50.4 Å². The molecule has 1 aliphatic heterocycles. The molecule has 1 fully saturated rings. The second-order valence-electron chi connectivity index (χ2n) is 7.57. The summed E-state index contributed by atoms with van der Waals surface area (Å²) in [5, 5.41) is 27.9. The highest BCUT2D eigenvalue weighted by Gasteiger charge is 2.47. The molecule has 1 heterocycles. The molecule has 35 heavy (non-hydrogen) atoms.